The Hall–Kier alpha value is -4.32. The number of nitrogens with zero attached hydrogens (tertiary/aromatic N) is 3. The number of aromatic nitrogens is 3. The molecule has 166 valence electrons. The molecule has 34 heavy (non-hydrogen) atoms. The maximum atomic E-state index is 5.71. The van der Waals surface area contributed by atoms with Gasteiger partial charge in [0.1, 0.15) is 0 Å². The van der Waals surface area contributed by atoms with Crippen LogP contribution >= 0.6 is 0 Å². The third-order valence-corrected chi connectivity index (χ3v) is 6.72. The number of hydrogen-bond donors (Lipinski definition) is 1. The topological polar surface area (TPSA) is 63.3 Å². The average Bonchev–Trinajstić information content (AvgIpc) is 3.53. The Morgan fingerprint density at radius 1 is 0.882 bits per heavy atom. The van der Waals surface area contributed by atoms with E-state index in [9.17, 15) is 0 Å². The maximum absolute atomic E-state index is 5.71. The Kier molecular flexibility index (Phi) is 4.30. The molecule has 2 aliphatic heterocycles. The number of benzene rings is 3. The van der Waals surface area contributed by atoms with Gasteiger partial charge in [0.25, 0.3) is 0 Å². The maximum Gasteiger partial charge on any atom is 0.231 e. The molecule has 0 aliphatic carbocycles. The van der Waals surface area contributed by atoms with E-state index >= 15 is 0 Å². The first-order valence-corrected chi connectivity index (χ1v) is 11.5. The monoisotopic (exact) mass is 446 g/mol. The summed E-state index contributed by atoms with van der Waals surface area (Å²) in [5.74, 6) is 2.28. The molecule has 0 bridgehead atoms. The summed E-state index contributed by atoms with van der Waals surface area (Å²) in [5.41, 5.74) is 6.80. The van der Waals surface area contributed by atoms with E-state index < -0.39 is 0 Å². The van der Waals surface area contributed by atoms with Gasteiger partial charge in [0.2, 0.25) is 12.7 Å². The van der Waals surface area contributed by atoms with Gasteiger partial charge in [-0.15, -0.1) is 0 Å². The standard InChI is InChI=1S/C28H22N4O2/c1-2-6-18(7-3-1)22-12-14-29-28(31-22)32-15-13-21-20-8-4-5-9-23(20)30-26(21)27(32)19-10-11-24-25(16-19)34-17-33-24/h1-12,14,16,27,30H,13,15,17H2. The van der Waals surface area contributed by atoms with E-state index in [0.29, 0.717) is 5.95 Å². The lowest BCUT2D eigenvalue weighted by Crippen LogP contribution is -2.37. The van der Waals surface area contributed by atoms with Gasteiger partial charge in [-0.3, -0.25) is 0 Å². The van der Waals surface area contributed by atoms with Gasteiger partial charge in [0.05, 0.1) is 11.7 Å². The van der Waals surface area contributed by atoms with Gasteiger partial charge in [-0.25, -0.2) is 9.97 Å². The number of rotatable bonds is 3. The summed E-state index contributed by atoms with van der Waals surface area (Å²) in [4.78, 5) is 15.7. The van der Waals surface area contributed by atoms with E-state index in [4.69, 9.17) is 19.4 Å². The summed E-state index contributed by atoms with van der Waals surface area (Å²) in [6.45, 7) is 1.07. The summed E-state index contributed by atoms with van der Waals surface area (Å²) in [5, 5.41) is 1.28. The molecule has 3 aromatic carbocycles. The molecule has 0 saturated heterocycles. The molecule has 2 aliphatic rings. The minimum atomic E-state index is -0.0725. The third kappa shape index (κ3) is 3.03. The van der Waals surface area contributed by atoms with Crippen molar-refractivity contribution in [1.29, 1.82) is 0 Å². The molecule has 0 saturated carbocycles. The van der Waals surface area contributed by atoms with E-state index in [-0.39, 0.29) is 12.8 Å². The zero-order chi connectivity index (χ0) is 22.5. The molecule has 0 spiro atoms. The number of hydrogen-bond acceptors (Lipinski definition) is 5. The number of nitrogens with one attached hydrogen (secondary N) is 1. The normalized spacial score (nSPS) is 16.6. The van der Waals surface area contributed by atoms with Crippen LogP contribution in [-0.4, -0.2) is 28.3 Å². The fourth-order valence-corrected chi connectivity index (χ4v) is 5.14. The van der Waals surface area contributed by atoms with Crippen molar-refractivity contribution in [1.82, 2.24) is 15.0 Å². The van der Waals surface area contributed by atoms with Gasteiger partial charge >= 0.3 is 0 Å². The van der Waals surface area contributed by atoms with Crippen molar-refractivity contribution < 1.29 is 9.47 Å². The van der Waals surface area contributed by atoms with Crippen molar-refractivity contribution in [2.24, 2.45) is 0 Å². The molecular weight excluding hydrogens is 424 g/mol. The van der Waals surface area contributed by atoms with E-state index in [1.807, 2.05) is 36.5 Å². The largest absolute Gasteiger partial charge is 0.454 e. The minimum absolute atomic E-state index is 0.0725. The van der Waals surface area contributed by atoms with Gasteiger partial charge in [-0.2, -0.15) is 0 Å². The molecule has 1 N–H and O–H groups in total. The Balaban J connectivity index is 1.39. The molecule has 6 heteroatoms. The van der Waals surface area contributed by atoms with Gasteiger partial charge in [-0.05, 0) is 41.8 Å². The van der Waals surface area contributed by atoms with Gasteiger partial charge < -0.3 is 19.4 Å². The Morgan fingerprint density at radius 2 is 1.74 bits per heavy atom. The van der Waals surface area contributed by atoms with Crippen LogP contribution in [0.4, 0.5) is 5.95 Å². The molecule has 0 amide bonds. The number of anilines is 1. The van der Waals surface area contributed by atoms with Crippen molar-refractivity contribution in [3.05, 3.63) is 102 Å². The lowest BCUT2D eigenvalue weighted by atomic mass is 9.92. The lowest BCUT2D eigenvalue weighted by molar-refractivity contribution is 0.174. The van der Waals surface area contributed by atoms with Crippen LogP contribution in [0.25, 0.3) is 22.2 Å². The van der Waals surface area contributed by atoms with Crippen molar-refractivity contribution in [2.45, 2.75) is 12.5 Å². The van der Waals surface area contributed by atoms with Crippen LogP contribution in [-0.2, 0) is 6.42 Å². The average molecular weight is 447 g/mol. The molecule has 1 atom stereocenters. The van der Waals surface area contributed by atoms with Crippen LogP contribution in [0.2, 0.25) is 0 Å². The van der Waals surface area contributed by atoms with Gasteiger partial charge in [0.15, 0.2) is 11.5 Å². The fourth-order valence-electron chi connectivity index (χ4n) is 5.14. The van der Waals surface area contributed by atoms with E-state index in [2.05, 4.69) is 58.4 Å². The highest BCUT2D eigenvalue weighted by molar-refractivity contribution is 5.86. The molecular formula is C28H22N4O2. The summed E-state index contributed by atoms with van der Waals surface area (Å²) in [6, 6.07) is 26.8. The van der Waals surface area contributed by atoms with Crippen LogP contribution in [0.1, 0.15) is 22.9 Å². The predicted octanol–water partition coefficient (Wildman–Crippen LogP) is 5.51. The van der Waals surface area contributed by atoms with Crippen LogP contribution in [0, 0.1) is 0 Å². The van der Waals surface area contributed by atoms with Crippen LogP contribution < -0.4 is 14.4 Å². The second-order valence-corrected chi connectivity index (χ2v) is 8.63. The summed E-state index contributed by atoms with van der Waals surface area (Å²) in [6.07, 6.45) is 2.77. The second kappa shape index (κ2) is 7.63. The highest BCUT2D eigenvalue weighted by atomic mass is 16.7. The Bertz CT molecular complexity index is 1510. The van der Waals surface area contributed by atoms with E-state index in [0.717, 1.165) is 46.8 Å². The number of H-pyrrole nitrogens is 1. The van der Waals surface area contributed by atoms with Crippen molar-refractivity contribution in [3.8, 4) is 22.8 Å². The second-order valence-electron chi connectivity index (χ2n) is 8.63. The SMILES string of the molecule is c1ccc(-c2ccnc(N3CCc4c([nH]c5ccccc45)C3c3ccc4c(c3)OCO4)n2)cc1. The van der Waals surface area contributed by atoms with Gasteiger partial charge in [-0.1, -0.05) is 54.6 Å². The van der Waals surface area contributed by atoms with Crippen molar-refractivity contribution >= 4 is 16.9 Å². The quantitative estimate of drug-likeness (QED) is 0.396. The third-order valence-electron chi connectivity index (χ3n) is 6.72. The molecule has 6 nitrogen and oxygen atoms in total. The van der Waals surface area contributed by atoms with Crippen LogP contribution in [0.15, 0.2) is 85.1 Å². The number of ether oxygens (including phenoxy) is 2. The molecule has 1 unspecified atom stereocenters. The number of aromatic amines is 1. The smallest absolute Gasteiger partial charge is 0.231 e. The predicted molar refractivity (Wildman–Crippen MR) is 131 cm³/mol. The molecule has 4 heterocycles. The lowest BCUT2D eigenvalue weighted by Gasteiger charge is -2.36. The highest BCUT2D eigenvalue weighted by Gasteiger charge is 2.34. The molecule has 7 rings (SSSR count). The van der Waals surface area contributed by atoms with Crippen molar-refractivity contribution in [2.75, 3.05) is 18.2 Å². The van der Waals surface area contributed by atoms with Crippen molar-refractivity contribution in [3.63, 3.8) is 0 Å². The summed E-state index contributed by atoms with van der Waals surface area (Å²) in [7, 11) is 0. The first-order valence-electron chi connectivity index (χ1n) is 11.5. The number of fused-ring (bicyclic) bond motifs is 4. The van der Waals surface area contributed by atoms with Crippen LogP contribution in [0.3, 0.4) is 0 Å². The highest BCUT2D eigenvalue weighted by Crippen LogP contribution is 2.43. The van der Waals surface area contributed by atoms with Gasteiger partial charge in [0, 0.05) is 34.9 Å². The minimum Gasteiger partial charge on any atom is -0.454 e. The van der Waals surface area contributed by atoms with E-state index in [1.165, 1.54) is 16.6 Å². The fraction of sp³-hybridized carbons (Fsp3) is 0.143. The first-order chi connectivity index (χ1) is 16.8. The molecule has 5 aromatic rings. The summed E-state index contributed by atoms with van der Waals surface area (Å²) >= 11 is 0. The zero-order valence-electron chi connectivity index (χ0n) is 18.4. The molecule has 0 fully saturated rings. The van der Waals surface area contributed by atoms with Crippen LogP contribution in [0.5, 0.6) is 11.5 Å². The summed E-state index contributed by atoms with van der Waals surface area (Å²) < 4.78 is 11.3. The zero-order valence-corrected chi connectivity index (χ0v) is 18.4. The molecule has 2 aromatic heterocycles. The number of para-hydroxylation sites is 1. The first kappa shape index (κ1) is 19.2. The molecule has 0 radical (unpaired) electrons. The van der Waals surface area contributed by atoms with E-state index in [1.54, 1.807) is 0 Å². The Labute approximate surface area is 196 Å². The Morgan fingerprint density at radius 3 is 2.68 bits per heavy atom.